The molecule has 21 heavy (non-hydrogen) atoms. The van der Waals surface area contributed by atoms with Crippen LogP contribution in [0.4, 0.5) is 0 Å². The predicted octanol–water partition coefficient (Wildman–Crippen LogP) is 3.21. The third-order valence-electron chi connectivity index (χ3n) is 4.42. The Kier molecular flexibility index (Phi) is 5.76. The van der Waals surface area contributed by atoms with Gasteiger partial charge in [0.05, 0.1) is 22.2 Å². The van der Waals surface area contributed by atoms with Crippen molar-refractivity contribution in [3.05, 3.63) is 29.8 Å². The van der Waals surface area contributed by atoms with E-state index in [9.17, 15) is 9.32 Å². The second-order valence-corrected chi connectivity index (χ2v) is 8.61. The van der Waals surface area contributed by atoms with Crippen molar-refractivity contribution in [2.45, 2.75) is 51.2 Å². The molecular weight excluding hydrogens is 282 g/mol. The average molecular weight is 311 g/mol. The van der Waals surface area contributed by atoms with Gasteiger partial charge in [0.2, 0.25) is 0 Å². The van der Waals surface area contributed by atoms with Crippen molar-refractivity contribution in [3.8, 4) is 0 Å². The van der Waals surface area contributed by atoms with Crippen molar-refractivity contribution in [1.82, 2.24) is 4.90 Å². The zero-order valence-corrected chi connectivity index (χ0v) is 15.1. The molecule has 0 saturated heterocycles. The molecule has 3 nitrogen and oxygen atoms in total. The van der Waals surface area contributed by atoms with E-state index in [4.69, 9.17) is 0 Å². The van der Waals surface area contributed by atoms with Crippen molar-refractivity contribution in [2.24, 2.45) is 5.41 Å². The molecule has 0 heterocycles. The number of rotatable bonds is 5. The van der Waals surface area contributed by atoms with Gasteiger partial charge in [0.1, 0.15) is 0 Å². The summed E-state index contributed by atoms with van der Waals surface area (Å²) < 4.78 is 12.8. The van der Waals surface area contributed by atoms with E-state index in [-0.39, 0.29) is 17.2 Å². The van der Waals surface area contributed by atoms with Gasteiger partial charge in [0, 0.05) is 10.9 Å². The van der Waals surface area contributed by atoms with Gasteiger partial charge in [-0.1, -0.05) is 39.0 Å². The molecule has 1 rings (SSSR count). The molecule has 0 aromatic heterocycles. The summed E-state index contributed by atoms with van der Waals surface area (Å²) in [5.74, 6) is 0.244. The van der Waals surface area contributed by atoms with E-state index in [0.29, 0.717) is 0 Å². The zero-order chi connectivity index (χ0) is 16.4. The minimum atomic E-state index is -1.22. The highest BCUT2D eigenvalue weighted by atomic mass is 32.2. The summed E-state index contributed by atoms with van der Waals surface area (Å²) in [7, 11) is 2.79. The molecule has 0 radical (unpaired) electrons. The van der Waals surface area contributed by atoms with Gasteiger partial charge in [-0.05, 0) is 45.0 Å². The topological polar surface area (TPSA) is 40.5 Å². The van der Waals surface area contributed by atoms with Crippen LogP contribution in [0.15, 0.2) is 29.2 Å². The van der Waals surface area contributed by atoms with E-state index in [1.165, 1.54) is 0 Å². The second-order valence-electron chi connectivity index (χ2n) is 7.19. The van der Waals surface area contributed by atoms with Gasteiger partial charge in [-0.25, -0.2) is 0 Å². The van der Waals surface area contributed by atoms with Gasteiger partial charge in [0.25, 0.3) is 0 Å². The molecule has 0 aliphatic heterocycles. The number of benzene rings is 1. The Morgan fingerprint density at radius 3 is 2.19 bits per heavy atom. The Labute approximate surface area is 131 Å². The van der Waals surface area contributed by atoms with E-state index >= 15 is 0 Å². The van der Waals surface area contributed by atoms with Crippen molar-refractivity contribution in [1.29, 1.82) is 0 Å². The first kappa shape index (κ1) is 18.3. The minimum Gasteiger partial charge on any atom is -0.389 e. The number of aliphatic hydroxyl groups is 1. The Morgan fingerprint density at radius 1 is 1.19 bits per heavy atom. The number of nitrogens with zero attached hydrogens (tertiary/aromatic N) is 1. The van der Waals surface area contributed by atoms with Crippen molar-refractivity contribution in [3.63, 3.8) is 0 Å². The Bertz CT molecular complexity index is 504. The summed E-state index contributed by atoms with van der Waals surface area (Å²) in [6.45, 7) is 9.77. The molecule has 1 aromatic rings. The SMILES string of the molecule is CC(c1ccccc1S(=O)C[C@@](C)(O)C(C)(C)C)N(C)C. The zero-order valence-electron chi connectivity index (χ0n) is 14.3. The fraction of sp³-hybridized carbons (Fsp3) is 0.647. The Morgan fingerprint density at radius 2 is 1.71 bits per heavy atom. The summed E-state index contributed by atoms with van der Waals surface area (Å²) in [6.07, 6.45) is 0. The molecule has 3 atom stereocenters. The summed E-state index contributed by atoms with van der Waals surface area (Å²) in [5.41, 5.74) is -0.234. The highest BCUT2D eigenvalue weighted by Gasteiger charge is 2.37. The first-order valence-electron chi connectivity index (χ1n) is 7.33. The smallest absolute Gasteiger partial charge is 0.0786 e. The summed E-state index contributed by atoms with van der Waals surface area (Å²) >= 11 is 0. The van der Waals surface area contributed by atoms with Gasteiger partial charge in [-0.2, -0.15) is 0 Å². The lowest BCUT2D eigenvalue weighted by molar-refractivity contribution is -0.0200. The lowest BCUT2D eigenvalue weighted by Crippen LogP contribution is -2.44. The molecule has 2 unspecified atom stereocenters. The normalized spacial score (nSPS) is 18.3. The molecule has 4 heteroatoms. The fourth-order valence-corrected chi connectivity index (χ4v) is 3.69. The van der Waals surface area contributed by atoms with E-state index in [1.807, 2.05) is 59.1 Å². The molecule has 0 aliphatic carbocycles. The predicted molar refractivity (Wildman–Crippen MR) is 89.9 cm³/mol. The van der Waals surface area contributed by atoms with Gasteiger partial charge < -0.3 is 10.0 Å². The van der Waals surface area contributed by atoms with Crippen LogP contribution in [-0.4, -0.2) is 39.7 Å². The quantitative estimate of drug-likeness (QED) is 0.908. The maximum absolute atomic E-state index is 12.8. The molecule has 0 saturated carbocycles. The van der Waals surface area contributed by atoms with Gasteiger partial charge in [0.15, 0.2) is 0 Å². The summed E-state index contributed by atoms with van der Waals surface area (Å²) in [5, 5.41) is 10.6. The second kappa shape index (κ2) is 6.59. The summed E-state index contributed by atoms with van der Waals surface area (Å²) in [4.78, 5) is 2.92. The molecule has 0 bridgehead atoms. The minimum absolute atomic E-state index is 0.185. The van der Waals surface area contributed by atoms with Crippen LogP contribution in [0.2, 0.25) is 0 Å². The van der Waals surface area contributed by atoms with E-state index in [0.717, 1.165) is 10.5 Å². The Balaban J connectivity index is 3.10. The van der Waals surface area contributed by atoms with Crippen LogP contribution in [0.3, 0.4) is 0 Å². The van der Waals surface area contributed by atoms with Gasteiger partial charge >= 0.3 is 0 Å². The van der Waals surface area contributed by atoms with Gasteiger partial charge in [-0.3, -0.25) is 4.21 Å². The average Bonchev–Trinajstić information content (AvgIpc) is 2.35. The monoisotopic (exact) mass is 311 g/mol. The van der Waals surface area contributed by atoms with E-state index < -0.39 is 16.4 Å². The molecule has 1 N–H and O–H groups in total. The van der Waals surface area contributed by atoms with Crippen LogP contribution >= 0.6 is 0 Å². The van der Waals surface area contributed by atoms with Crippen LogP contribution in [0.1, 0.15) is 46.2 Å². The molecular formula is C17H29NO2S. The lowest BCUT2D eigenvalue weighted by atomic mass is 9.79. The van der Waals surface area contributed by atoms with E-state index in [1.54, 1.807) is 6.92 Å². The fourth-order valence-electron chi connectivity index (χ4n) is 1.86. The molecule has 0 spiro atoms. The first-order chi connectivity index (χ1) is 9.47. The van der Waals surface area contributed by atoms with Crippen LogP contribution in [0.5, 0.6) is 0 Å². The maximum atomic E-state index is 12.8. The maximum Gasteiger partial charge on any atom is 0.0786 e. The first-order valence-corrected chi connectivity index (χ1v) is 8.65. The van der Waals surface area contributed by atoms with Crippen LogP contribution in [0, 0.1) is 5.41 Å². The standard InChI is InChI=1S/C17H29NO2S/c1-13(18(6)7)14-10-8-9-11-15(14)21(20)12-17(5,19)16(2,3)4/h8-11,13,19H,12H2,1-7H3/t13?,17-,21?/m1/s1. The number of hydrogen-bond donors (Lipinski definition) is 1. The van der Waals surface area contributed by atoms with E-state index in [2.05, 4.69) is 11.8 Å². The van der Waals surface area contributed by atoms with Crippen LogP contribution in [-0.2, 0) is 10.8 Å². The van der Waals surface area contributed by atoms with Crippen molar-refractivity contribution >= 4 is 10.8 Å². The number of hydrogen-bond acceptors (Lipinski definition) is 3. The molecule has 0 fully saturated rings. The Hall–Kier alpha value is -0.710. The third kappa shape index (κ3) is 4.38. The lowest BCUT2D eigenvalue weighted by Gasteiger charge is -2.37. The van der Waals surface area contributed by atoms with Gasteiger partial charge in [-0.15, -0.1) is 0 Å². The highest BCUT2D eigenvalue weighted by molar-refractivity contribution is 7.85. The highest BCUT2D eigenvalue weighted by Crippen LogP contribution is 2.33. The third-order valence-corrected chi connectivity index (χ3v) is 6.10. The largest absolute Gasteiger partial charge is 0.389 e. The molecule has 1 aromatic carbocycles. The van der Waals surface area contributed by atoms with Crippen molar-refractivity contribution < 1.29 is 9.32 Å². The summed E-state index contributed by atoms with van der Waals surface area (Å²) in [6, 6.07) is 7.99. The molecule has 0 amide bonds. The van der Waals surface area contributed by atoms with Crippen LogP contribution in [0.25, 0.3) is 0 Å². The molecule has 0 aliphatic rings. The molecule has 120 valence electrons. The van der Waals surface area contributed by atoms with Crippen molar-refractivity contribution in [2.75, 3.05) is 19.8 Å². The van der Waals surface area contributed by atoms with Crippen LogP contribution < -0.4 is 0 Å².